The summed E-state index contributed by atoms with van der Waals surface area (Å²) in [6, 6.07) is 5.47. The Bertz CT molecular complexity index is 1420. The van der Waals surface area contributed by atoms with Gasteiger partial charge in [0.2, 0.25) is 0 Å². The van der Waals surface area contributed by atoms with Crippen LogP contribution in [0.3, 0.4) is 0 Å². The lowest BCUT2D eigenvalue weighted by molar-refractivity contribution is -0.140. The fourth-order valence-corrected chi connectivity index (χ4v) is 4.66. The summed E-state index contributed by atoms with van der Waals surface area (Å²) in [5.74, 6) is -2.34. The number of aromatic nitrogens is 3. The van der Waals surface area contributed by atoms with Crippen molar-refractivity contribution < 1.29 is 27.2 Å². The number of aromatic amines is 1. The van der Waals surface area contributed by atoms with E-state index >= 15 is 0 Å². The molecule has 0 radical (unpaired) electrons. The number of carbonyl (C=O) groups excluding carboxylic acids is 2. The van der Waals surface area contributed by atoms with Crippen LogP contribution in [0.4, 0.5) is 23.2 Å². The van der Waals surface area contributed by atoms with Gasteiger partial charge in [0.15, 0.2) is 5.69 Å². The Balaban J connectivity index is 1.99. The van der Waals surface area contributed by atoms with Crippen LogP contribution in [-0.2, 0) is 6.18 Å². The monoisotopic (exact) mass is 605 g/mol. The van der Waals surface area contributed by atoms with Gasteiger partial charge in [0.25, 0.3) is 11.8 Å². The topological polar surface area (TPSA) is 114 Å². The van der Waals surface area contributed by atoms with Crippen LogP contribution in [0, 0.1) is 5.82 Å². The van der Waals surface area contributed by atoms with Crippen molar-refractivity contribution in [2.75, 3.05) is 5.32 Å². The zero-order valence-corrected chi connectivity index (χ0v) is 19.8. The molecule has 3 heterocycles. The Morgan fingerprint density at radius 3 is 2.36 bits per heavy atom. The number of pyridine rings is 1. The van der Waals surface area contributed by atoms with E-state index in [1.54, 1.807) is 0 Å². The molecule has 0 aliphatic heterocycles. The van der Waals surface area contributed by atoms with Crippen LogP contribution < -0.4 is 11.1 Å². The molecule has 0 aliphatic rings. The largest absolute Gasteiger partial charge is 0.433 e. The molecule has 14 heteroatoms. The second kappa shape index (κ2) is 8.50. The highest BCUT2D eigenvalue weighted by Crippen LogP contribution is 2.44. The van der Waals surface area contributed by atoms with Gasteiger partial charge in [-0.3, -0.25) is 14.7 Å². The average Bonchev–Trinajstić information content (AvgIpc) is 3.27. The van der Waals surface area contributed by atoms with Gasteiger partial charge in [-0.1, -0.05) is 12.1 Å². The molecule has 0 spiro atoms. The number of nitrogens with one attached hydrogen (secondary N) is 2. The molecular weight excluding hydrogens is 598 g/mol. The number of hydrogen-bond donors (Lipinski definition) is 3. The number of halogens is 6. The predicted octanol–water partition coefficient (Wildman–Crippen LogP) is 5.72. The second-order valence-electron chi connectivity index (χ2n) is 6.56. The number of nitrogens with two attached hydrogens (primary N) is 1. The maximum atomic E-state index is 13.5. The van der Waals surface area contributed by atoms with Crippen molar-refractivity contribution in [1.82, 2.24) is 15.2 Å². The fourth-order valence-electron chi connectivity index (χ4n) is 3.02. The van der Waals surface area contributed by atoms with Crippen molar-refractivity contribution >= 4 is 70.9 Å². The number of H-pyrrole nitrogens is 1. The quantitative estimate of drug-likeness (QED) is 0.258. The zero-order valence-electron chi connectivity index (χ0n) is 15.9. The van der Waals surface area contributed by atoms with Gasteiger partial charge in [-0.15, -0.1) is 11.3 Å². The molecule has 0 atom stereocenters. The minimum Gasteiger partial charge on any atom is -0.365 e. The second-order valence-corrected chi connectivity index (χ2v) is 9.15. The summed E-state index contributed by atoms with van der Waals surface area (Å²) in [5, 5.41) is 8.93. The molecular formula is C19H9Br2F4N5O2S. The fraction of sp³-hybridized carbons (Fsp3) is 0.0526. The molecule has 1 aromatic carbocycles. The van der Waals surface area contributed by atoms with Crippen molar-refractivity contribution in [2.24, 2.45) is 5.73 Å². The van der Waals surface area contributed by atoms with E-state index in [-0.39, 0.29) is 42.1 Å². The maximum absolute atomic E-state index is 13.5. The molecule has 4 rings (SSSR count). The van der Waals surface area contributed by atoms with E-state index in [1.807, 2.05) is 0 Å². The lowest BCUT2D eigenvalue weighted by Crippen LogP contribution is -2.17. The van der Waals surface area contributed by atoms with Crippen molar-refractivity contribution in [2.45, 2.75) is 6.18 Å². The lowest BCUT2D eigenvalue weighted by atomic mass is 10.0. The molecule has 4 N–H and O–H groups in total. The summed E-state index contributed by atoms with van der Waals surface area (Å²) in [6.07, 6.45) is -4.80. The highest BCUT2D eigenvalue weighted by Gasteiger charge is 2.35. The van der Waals surface area contributed by atoms with E-state index in [0.717, 1.165) is 18.2 Å². The zero-order chi connectivity index (χ0) is 24.1. The van der Waals surface area contributed by atoms with Gasteiger partial charge in [-0.2, -0.15) is 18.3 Å². The van der Waals surface area contributed by atoms with Gasteiger partial charge < -0.3 is 11.1 Å². The van der Waals surface area contributed by atoms with Gasteiger partial charge >= 0.3 is 6.18 Å². The number of hydrogen-bond acceptors (Lipinski definition) is 5. The molecule has 7 nitrogen and oxygen atoms in total. The summed E-state index contributed by atoms with van der Waals surface area (Å²) in [7, 11) is 0. The number of anilines is 1. The summed E-state index contributed by atoms with van der Waals surface area (Å²) < 4.78 is 54.7. The van der Waals surface area contributed by atoms with Crippen LogP contribution >= 0.6 is 43.2 Å². The van der Waals surface area contributed by atoms with E-state index in [2.05, 4.69) is 52.4 Å². The number of rotatable bonds is 4. The number of fused-ring (bicyclic) bond motifs is 1. The molecule has 0 bridgehead atoms. The number of amides is 2. The number of primary amides is 1. The van der Waals surface area contributed by atoms with E-state index in [9.17, 15) is 27.2 Å². The first-order valence-corrected chi connectivity index (χ1v) is 11.2. The first kappa shape index (κ1) is 23.3. The summed E-state index contributed by atoms with van der Waals surface area (Å²) in [4.78, 5) is 28.2. The third kappa shape index (κ3) is 4.37. The summed E-state index contributed by atoms with van der Waals surface area (Å²) in [5.41, 5.74) is 4.20. The van der Waals surface area contributed by atoms with Crippen molar-refractivity contribution in [3.8, 4) is 11.1 Å². The molecule has 3 aromatic heterocycles. The summed E-state index contributed by atoms with van der Waals surface area (Å²) >= 11 is 6.93. The van der Waals surface area contributed by atoms with Crippen LogP contribution in [0.25, 0.3) is 21.3 Å². The Morgan fingerprint density at radius 2 is 1.82 bits per heavy atom. The standard InChI is InChI=1S/C19H9Br2F4N5O2S/c20-11-13(29-30-15(11)21)17(32)28-12-10-8(6-1-3-7(22)4-2-6)5-9(19(23,24)25)27-18(10)33-14(12)16(26)31/h1-5H,(H2,26,31)(H,28,32)(H,29,30). The number of thiophene rings is 1. The molecule has 0 saturated heterocycles. The van der Waals surface area contributed by atoms with E-state index < -0.39 is 29.5 Å². The number of nitrogens with zero attached hydrogens (tertiary/aromatic N) is 2. The first-order chi connectivity index (χ1) is 15.5. The van der Waals surface area contributed by atoms with Crippen LogP contribution in [-0.4, -0.2) is 27.0 Å². The normalized spacial score (nSPS) is 11.7. The molecule has 0 fully saturated rings. The molecule has 0 saturated carbocycles. The smallest absolute Gasteiger partial charge is 0.365 e. The third-order valence-corrected chi connectivity index (χ3v) is 7.43. The average molecular weight is 607 g/mol. The molecule has 2 amide bonds. The van der Waals surface area contributed by atoms with Crippen molar-refractivity contribution in [1.29, 1.82) is 0 Å². The highest BCUT2D eigenvalue weighted by atomic mass is 79.9. The Labute approximate surface area is 202 Å². The lowest BCUT2D eigenvalue weighted by Gasteiger charge is -2.12. The predicted molar refractivity (Wildman–Crippen MR) is 120 cm³/mol. The van der Waals surface area contributed by atoms with Crippen molar-refractivity contribution in [3.05, 3.63) is 61.5 Å². The molecule has 4 aromatic rings. The molecule has 33 heavy (non-hydrogen) atoms. The maximum Gasteiger partial charge on any atom is 0.433 e. The van der Waals surface area contributed by atoms with Gasteiger partial charge in [-0.25, -0.2) is 9.37 Å². The number of carbonyl (C=O) groups is 2. The Morgan fingerprint density at radius 1 is 1.15 bits per heavy atom. The van der Waals surface area contributed by atoms with Crippen LogP contribution in [0.1, 0.15) is 25.9 Å². The van der Waals surface area contributed by atoms with Gasteiger partial charge in [-0.05, 0) is 61.2 Å². The Hall–Kier alpha value is -2.84. The van der Waals surface area contributed by atoms with Gasteiger partial charge in [0.05, 0.1) is 10.2 Å². The van der Waals surface area contributed by atoms with Crippen LogP contribution in [0.5, 0.6) is 0 Å². The van der Waals surface area contributed by atoms with Gasteiger partial charge in [0.1, 0.15) is 25.8 Å². The van der Waals surface area contributed by atoms with E-state index in [4.69, 9.17) is 5.73 Å². The highest BCUT2D eigenvalue weighted by molar-refractivity contribution is 9.13. The molecule has 0 unspecified atom stereocenters. The number of benzene rings is 1. The van der Waals surface area contributed by atoms with E-state index in [1.165, 1.54) is 12.1 Å². The number of alkyl halides is 3. The first-order valence-electron chi connectivity index (χ1n) is 8.78. The van der Waals surface area contributed by atoms with Crippen molar-refractivity contribution in [3.63, 3.8) is 0 Å². The van der Waals surface area contributed by atoms with Crippen LogP contribution in [0.2, 0.25) is 0 Å². The summed E-state index contributed by atoms with van der Waals surface area (Å²) in [6.45, 7) is 0. The SMILES string of the molecule is NC(=O)c1sc2nc(C(F)(F)F)cc(-c3ccc(F)cc3)c2c1NC(=O)c1n[nH]c(Br)c1Br. The minimum absolute atomic E-state index is 0.0198. The molecule has 170 valence electrons. The minimum atomic E-state index is -4.80. The van der Waals surface area contributed by atoms with Crippen LogP contribution in [0.15, 0.2) is 39.4 Å². The van der Waals surface area contributed by atoms with Gasteiger partial charge in [0, 0.05) is 5.39 Å². The third-order valence-electron chi connectivity index (χ3n) is 4.45. The van der Waals surface area contributed by atoms with E-state index in [0.29, 0.717) is 15.9 Å². The Kier molecular flexibility index (Phi) is 6.01. The molecule has 0 aliphatic carbocycles.